The first-order valence-corrected chi connectivity index (χ1v) is 6.44. The zero-order valence-electron chi connectivity index (χ0n) is 10.9. The highest BCUT2D eigenvalue weighted by Gasteiger charge is 2.06. The Morgan fingerprint density at radius 1 is 0.947 bits per heavy atom. The fourth-order valence-corrected chi connectivity index (χ4v) is 1.75. The van der Waals surface area contributed by atoms with Crippen LogP contribution in [0.2, 0.25) is 0 Å². The number of pyridine rings is 1. The zero-order chi connectivity index (χ0) is 13.8. The summed E-state index contributed by atoms with van der Waals surface area (Å²) < 4.78 is 17.0. The molecule has 2 aromatic rings. The van der Waals surface area contributed by atoms with Gasteiger partial charge < -0.3 is 14.2 Å². The number of nitrogens with zero attached hydrogens (tertiary/aromatic N) is 1. The fraction of sp³-hybridized carbons (Fsp3) is 0.214. The number of aryl methyl sites for hydroxylation is 1. The van der Waals surface area contributed by atoms with Gasteiger partial charge in [-0.05, 0) is 28.4 Å². The first-order chi connectivity index (χ1) is 9.12. The summed E-state index contributed by atoms with van der Waals surface area (Å²) in [6.45, 7) is 1.98. The number of methoxy groups -OCH3 is 2. The van der Waals surface area contributed by atoms with E-state index < -0.39 is 0 Å². The molecule has 1 aromatic heterocycles. The molecule has 0 fully saturated rings. The topological polar surface area (TPSA) is 40.6 Å². The quantitative estimate of drug-likeness (QED) is 0.853. The minimum atomic E-state index is 0.524. The molecule has 5 heteroatoms. The van der Waals surface area contributed by atoms with Gasteiger partial charge in [0.1, 0.15) is 17.2 Å². The molecule has 0 unspecified atom stereocenters. The van der Waals surface area contributed by atoms with E-state index in [2.05, 4.69) is 20.9 Å². The van der Waals surface area contributed by atoms with E-state index in [9.17, 15) is 0 Å². The summed E-state index contributed by atoms with van der Waals surface area (Å²) in [4.78, 5) is 4.19. The molecule has 0 aliphatic rings. The van der Waals surface area contributed by atoms with Crippen LogP contribution in [0.15, 0.2) is 34.9 Å². The molecule has 4 nitrogen and oxygen atoms in total. The van der Waals surface area contributed by atoms with Crippen LogP contribution in [0, 0.1) is 6.92 Å². The summed E-state index contributed by atoms with van der Waals surface area (Å²) in [5.41, 5.74) is 1.06. The molecule has 0 aliphatic heterocycles. The van der Waals surface area contributed by atoms with Gasteiger partial charge in [-0.15, -0.1) is 0 Å². The molecule has 0 saturated carbocycles. The molecule has 0 saturated heterocycles. The number of ether oxygens (including phenoxy) is 3. The first kappa shape index (κ1) is 13.7. The monoisotopic (exact) mass is 323 g/mol. The molecular weight excluding hydrogens is 310 g/mol. The molecule has 19 heavy (non-hydrogen) atoms. The van der Waals surface area contributed by atoms with E-state index >= 15 is 0 Å². The van der Waals surface area contributed by atoms with E-state index in [-0.39, 0.29) is 0 Å². The number of rotatable bonds is 4. The minimum absolute atomic E-state index is 0.524. The second kappa shape index (κ2) is 5.93. The van der Waals surface area contributed by atoms with Gasteiger partial charge in [0, 0.05) is 34.9 Å². The van der Waals surface area contributed by atoms with Crippen LogP contribution in [0.1, 0.15) is 5.56 Å². The van der Waals surface area contributed by atoms with Gasteiger partial charge in [-0.3, -0.25) is 0 Å². The van der Waals surface area contributed by atoms with Crippen molar-refractivity contribution in [2.75, 3.05) is 14.2 Å². The van der Waals surface area contributed by atoms with Crippen molar-refractivity contribution in [1.29, 1.82) is 0 Å². The van der Waals surface area contributed by atoms with Gasteiger partial charge in [0.05, 0.1) is 14.2 Å². The molecule has 0 N–H and O–H groups in total. The zero-order valence-corrected chi connectivity index (χ0v) is 12.5. The summed E-state index contributed by atoms with van der Waals surface area (Å²) in [7, 11) is 3.20. The van der Waals surface area contributed by atoms with Crippen molar-refractivity contribution < 1.29 is 14.2 Å². The highest BCUT2D eigenvalue weighted by atomic mass is 79.9. The number of hydrogen-bond acceptors (Lipinski definition) is 4. The maximum absolute atomic E-state index is 5.71. The second-order valence-corrected chi connectivity index (χ2v) is 4.78. The lowest BCUT2D eigenvalue weighted by atomic mass is 10.3. The number of hydrogen-bond donors (Lipinski definition) is 0. The van der Waals surface area contributed by atoms with Crippen LogP contribution in [0.3, 0.4) is 0 Å². The SMILES string of the molecule is COc1cc(OC)cc(Oc2cc(C)c(Br)cn2)c1. The van der Waals surface area contributed by atoms with E-state index in [0.29, 0.717) is 23.1 Å². The molecule has 0 amide bonds. The Morgan fingerprint density at radius 3 is 2.05 bits per heavy atom. The summed E-state index contributed by atoms with van der Waals surface area (Å²) in [5.74, 6) is 2.48. The maximum atomic E-state index is 5.71. The molecular formula is C14H14BrNO3. The molecule has 2 rings (SSSR count). The maximum Gasteiger partial charge on any atom is 0.219 e. The minimum Gasteiger partial charge on any atom is -0.496 e. The van der Waals surface area contributed by atoms with Crippen LogP contribution < -0.4 is 14.2 Å². The van der Waals surface area contributed by atoms with Gasteiger partial charge >= 0.3 is 0 Å². The lowest BCUT2D eigenvalue weighted by molar-refractivity contribution is 0.385. The molecule has 0 aliphatic carbocycles. The lowest BCUT2D eigenvalue weighted by Crippen LogP contribution is -1.92. The average Bonchev–Trinajstić information content (AvgIpc) is 2.42. The molecule has 0 spiro atoms. The van der Waals surface area contributed by atoms with Gasteiger partial charge in [0.25, 0.3) is 0 Å². The van der Waals surface area contributed by atoms with Crippen molar-refractivity contribution in [3.05, 3.63) is 40.5 Å². The third-order valence-corrected chi connectivity index (χ3v) is 3.40. The normalized spacial score (nSPS) is 10.1. The summed E-state index contributed by atoms with van der Waals surface area (Å²) in [6.07, 6.45) is 1.71. The Morgan fingerprint density at radius 2 is 1.53 bits per heavy atom. The van der Waals surface area contributed by atoms with Crippen molar-refractivity contribution in [1.82, 2.24) is 4.98 Å². The Hall–Kier alpha value is -1.75. The van der Waals surface area contributed by atoms with Crippen molar-refractivity contribution in [2.45, 2.75) is 6.92 Å². The van der Waals surface area contributed by atoms with Gasteiger partial charge in [-0.25, -0.2) is 4.98 Å². The van der Waals surface area contributed by atoms with Crippen LogP contribution in [0.4, 0.5) is 0 Å². The number of benzene rings is 1. The van der Waals surface area contributed by atoms with E-state index in [0.717, 1.165) is 10.0 Å². The Bertz CT molecular complexity index is 565. The van der Waals surface area contributed by atoms with Gasteiger partial charge in [-0.1, -0.05) is 0 Å². The molecule has 0 radical (unpaired) electrons. The standard InChI is InChI=1S/C14H14BrNO3/c1-9-4-14(16-8-13(9)15)19-12-6-10(17-2)5-11(7-12)18-3/h4-8H,1-3H3. The second-order valence-electron chi connectivity index (χ2n) is 3.92. The third-order valence-electron chi connectivity index (χ3n) is 2.57. The van der Waals surface area contributed by atoms with Crippen LogP contribution in [-0.4, -0.2) is 19.2 Å². The van der Waals surface area contributed by atoms with Gasteiger partial charge in [-0.2, -0.15) is 0 Å². The predicted octanol–water partition coefficient (Wildman–Crippen LogP) is 3.96. The lowest BCUT2D eigenvalue weighted by Gasteiger charge is -2.10. The van der Waals surface area contributed by atoms with Crippen molar-refractivity contribution in [3.63, 3.8) is 0 Å². The summed E-state index contributed by atoms with van der Waals surface area (Å²) >= 11 is 3.40. The van der Waals surface area contributed by atoms with Crippen molar-refractivity contribution in [3.8, 4) is 23.1 Å². The molecule has 1 heterocycles. The molecule has 0 bridgehead atoms. The molecule has 100 valence electrons. The molecule has 1 aromatic carbocycles. The first-order valence-electron chi connectivity index (χ1n) is 5.65. The van der Waals surface area contributed by atoms with Crippen LogP contribution >= 0.6 is 15.9 Å². The Labute approximate surface area is 120 Å². The van der Waals surface area contributed by atoms with Crippen LogP contribution in [0.25, 0.3) is 0 Å². The van der Waals surface area contributed by atoms with Crippen molar-refractivity contribution in [2.24, 2.45) is 0 Å². The van der Waals surface area contributed by atoms with E-state index in [1.54, 1.807) is 38.6 Å². The molecule has 0 atom stereocenters. The Kier molecular flexibility index (Phi) is 4.27. The van der Waals surface area contributed by atoms with Crippen LogP contribution in [0.5, 0.6) is 23.1 Å². The largest absolute Gasteiger partial charge is 0.496 e. The van der Waals surface area contributed by atoms with E-state index in [4.69, 9.17) is 14.2 Å². The van der Waals surface area contributed by atoms with Gasteiger partial charge in [0.15, 0.2) is 0 Å². The highest BCUT2D eigenvalue weighted by Crippen LogP contribution is 2.30. The number of halogens is 1. The summed E-state index contributed by atoms with van der Waals surface area (Å²) in [5, 5.41) is 0. The average molecular weight is 324 g/mol. The Balaban J connectivity index is 2.29. The number of aromatic nitrogens is 1. The van der Waals surface area contributed by atoms with Gasteiger partial charge in [0.2, 0.25) is 5.88 Å². The van der Waals surface area contributed by atoms with Crippen LogP contribution in [-0.2, 0) is 0 Å². The van der Waals surface area contributed by atoms with E-state index in [1.807, 2.05) is 13.0 Å². The third kappa shape index (κ3) is 3.38. The fourth-order valence-electron chi connectivity index (χ4n) is 1.53. The van der Waals surface area contributed by atoms with E-state index in [1.165, 1.54) is 0 Å². The smallest absolute Gasteiger partial charge is 0.219 e. The predicted molar refractivity (Wildman–Crippen MR) is 76.3 cm³/mol. The summed E-state index contributed by atoms with van der Waals surface area (Å²) in [6, 6.07) is 7.20. The highest BCUT2D eigenvalue weighted by molar-refractivity contribution is 9.10. The van der Waals surface area contributed by atoms with Crippen molar-refractivity contribution >= 4 is 15.9 Å².